The number of nitrogens with zero attached hydrogens (tertiary/aromatic N) is 6. The van der Waals surface area contributed by atoms with Gasteiger partial charge in [0.15, 0.2) is 11.9 Å². The summed E-state index contributed by atoms with van der Waals surface area (Å²) in [7, 11) is 0. The number of guanidine groups is 4. The largest absolute Gasteiger partial charge is 0.573 e. The maximum Gasteiger partial charge on any atom is 0.573 e. The van der Waals surface area contributed by atoms with Crippen LogP contribution in [-0.4, -0.2) is 78.0 Å². The highest BCUT2D eigenvalue weighted by Crippen LogP contribution is 2.29. The molecule has 0 aliphatic carbocycles. The van der Waals surface area contributed by atoms with E-state index in [2.05, 4.69) is 47.3 Å². The van der Waals surface area contributed by atoms with Gasteiger partial charge in [-0.2, -0.15) is 9.98 Å². The van der Waals surface area contributed by atoms with Gasteiger partial charge in [0.25, 0.3) is 11.8 Å². The van der Waals surface area contributed by atoms with Crippen molar-refractivity contribution in [2.24, 2.45) is 42.9 Å². The van der Waals surface area contributed by atoms with E-state index in [0.29, 0.717) is 10.7 Å². The van der Waals surface area contributed by atoms with Gasteiger partial charge in [-0.3, -0.25) is 0 Å². The van der Waals surface area contributed by atoms with Crippen molar-refractivity contribution < 1.29 is 35.5 Å². The molecule has 0 spiro atoms. The fraction of sp³-hybridized carbons (Fsp3) is 0.407. The van der Waals surface area contributed by atoms with E-state index in [0.717, 1.165) is 15.7 Å². The zero-order valence-corrected chi connectivity index (χ0v) is 27.4. The van der Waals surface area contributed by atoms with Crippen molar-refractivity contribution in [3.8, 4) is 5.75 Å². The second-order valence-corrected chi connectivity index (χ2v) is 11.8. The number of nitrogens with two attached hydrogens (primary N) is 4. The smallest absolute Gasteiger partial charge is 0.406 e. The van der Waals surface area contributed by atoms with Crippen molar-refractivity contribution in [2.45, 2.75) is 43.9 Å². The Bertz CT molecular complexity index is 1480. The van der Waals surface area contributed by atoms with Crippen LogP contribution in [0, 0.1) is 3.57 Å². The van der Waals surface area contributed by atoms with Crippen molar-refractivity contribution in [1.82, 2.24) is 9.80 Å². The molecule has 0 amide bonds. The number of ether oxygens (including phenoxy) is 1. The lowest BCUT2D eigenvalue weighted by Crippen LogP contribution is -2.46. The molecule has 2 fully saturated rings. The quantitative estimate of drug-likeness (QED) is 0.137. The van der Waals surface area contributed by atoms with Gasteiger partial charge >= 0.3 is 6.36 Å². The molecule has 2 heterocycles. The van der Waals surface area contributed by atoms with E-state index in [1.54, 1.807) is 23.1 Å². The Morgan fingerprint density at radius 2 is 1.13 bits per heavy atom. The topological polar surface area (TPSA) is 169 Å². The van der Waals surface area contributed by atoms with Crippen molar-refractivity contribution in [1.29, 1.82) is 0 Å². The van der Waals surface area contributed by atoms with Gasteiger partial charge in [-0.1, -0.05) is 11.6 Å². The highest BCUT2D eigenvalue weighted by atomic mass is 127. The Morgan fingerprint density at radius 1 is 0.723 bits per heavy atom. The number of piperidine rings is 2. The molecule has 47 heavy (non-hydrogen) atoms. The van der Waals surface area contributed by atoms with E-state index < -0.39 is 24.0 Å². The van der Waals surface area contributed by atoms with E-state index >= 15 is 0 Å². The minimum Gasteiger partial charge on any atom is -0.406 e. The van der Waals surface area contributed by atoms with E-state index in [9.17, 15) is 30.7 Å². The Labute approximate surface area is 283 Å². The van der Waals surface area contributed by atoms with Gasteiger partial charge in [-0.05, 0) is 65.1 Å². The standard InChI is InChI=1S/C14H16F5N5O.C13H15ClF2IN5/c15-13(16)5-7-24(8-6-13)12(21)23-11(20)22-9-1-3-10(4-2-9)25-14(17,18)19;14-9-7-8(1-2-10(9)17)20-11(18)21-12(19)22-5-3-13(15,16)4-6-22/h1-4H,5-8H2,(H4,20,21,22,23);1-2,7H,3-6H2,(H4,18,19,20,21). The molecule has 2 aromatic rings. The van der Waals surface area contributed by atoms with E-state index in [1.165, 1.54) is 17.0 Å². The summed E-state index contributed by atoms with van der Waals surface area (Å²) in [6, 6.07) is 9.84. The number of hydrogen-bond acceptors (Lipinski definition) is 3. The summed E-state index contributed by atoms with van der Waals surface area (Å²) >= 11 is 8.09. The van der Waals surface area contributed by atoms with Crippen LogP contribution in [0.4, 0.5) is 42.1 Å². The molecule has 2 aliphatic heterocycles. The predicted molar refractivity (Wildman–Crippen MR) is 175 cm³/mol. The molecule has 0 unspecified atom stereocenters. The lowest BCUT2D eigenvalue weighted by Gasteiger charge is -2.32. The van der Waals surface area contributed by atoms with Crippen molar-refractivity contribution in [3.05, 3.63) is 51.1 Å². The Kier molecular flexibility index (Phi) is 12.8. The highest BCUT2D eigenvalue weighted by Gasteiger charge is 2.35. The molecule has 11 nitrogen and oxygen atoms in total. The molecule has 0 radical (unpaired) electrons. The van der Waals surface area contributed by atoms with Crippen molar-refractivity contribution >= 4 is 69.4 Å². The number of benzene rings is 2. The Hall–Kier alpha value is -3.75. The molecule has 2 saturated heterocycles. The van der Waals surface area contributed by atoms with Crippen LogP contribution in [0.3, 0.4) is 0 Å². The van der Waals surface area contributed by atoms with Gasteiger partial charge in [-0.15, -0.1) is 13.2 Å². The number of halogens is 9. The zero-order chi connectivity index (χ0) is 35.0. The molecule has 4 rings (SSSR count). The van der Waals surface area contributed by atoms with Gasteiger partial charge in [-0.25, -0.2) is 27.5 Å². The highest BCUT2D eigenvalue weighted by molar-refractivity contribution is 14.1. The van der Waals surface area contributed by atoms with E-state index in [4.69, 9.17) is 34.5 Å². The van der Waals surface area contributed by atoms with Crippen LogP contribution < -0.4 is 27.7 Å². The molecule has 2 aromatic carbocycles. The lowest BCUT2D eigenvalue weighted by atomic mass is 10.1. The Morgan fingerprint density at radius 3 is 1.53 bits per heavy atom. The van der Waals surface area contributed by atoms with Gasteiger partial charge in [0.05, 0.1) is 16.4 Å². The summed E-state index contributed by atoms with van der Waals surface area (Å²) in [5.41, 5.74) is 23.6. The number of likely N-dealkylation sites (tertiary alicyclic amines) is 2. The zero-order valence-electron chi connectivity index (χ0n) is 24.5. The van der Waals surface area contributed by atoms with E-state index in [1.807, 2.05) is 0 Å². The first kappa shape index (κ1) is 37.7. The van der Waals surface area contributed by atoms with Crippen molar-refractivity contribution in [3.63, 3.8) is 0 Å². The molecule has 20 heteroatoms. The SMILES string of the molecule is NC(=Nc1ccc(I)c(Cl)c1)N=C(N)N1CCC(F)(F)CC1.NC(=Nc1ccc(OC(F)(F)F)cc1)N=C(N)N1CCC(F)(F)CC1. The average molecular weight is 807 g/mol. The molecule has 2 aliphatic rings. The average Bonchev–Trinajstić information content (AvgIpc) is 2.95. The maximum absolute atomic E-state index is 13.1. The summed E-state index contributed by atoms with van der Waals surface area (Å²) in [5, 5.41) is 0.560. The lowest BCUT2D eigenvalue weighted by molar-refractivity contribution is -0.274. The van der Waals surface area contributed by atoms with Gasteiger partial charge in [0.2, 0.25) is 11.9 Å². The summed E-state index contributed by atoms with van der Waals surface area (Å²) in [6.45, 7) is 0.369. The molecule has 258 valence electrons. The first-order chi connectivity index (χ1) is 21.8. The molecular formula is C27H31ClF7IN10O. The molecule has 0 aromatic heterocycles. The summed E-state index contributed by atoms with van der Waals surface area (Å²) < 4.78 is 93.2. The molecule has 0 bridgehead atoms. The van der Waals surface area contributed by atoms with Crippen LogP contribution in [-0.2, 0) is 0 Å². The third-order valence-corrected chi connectivity index (χ3v) is 8.13. The third kappa shape index (κ3) is 13.1. The third-order valence-electron chi connectivity index (χ3n) is 6.56. The first-order valence-electron chi connectivity index (χ1n) is 13.7. The van der Waals surface area contributed by atoms with Crippen LogP contribution in [0.5, 0.6) is 5.75 Å². The number of aliphatic imine (C=N–C) groups is 4. The van der Waals surface area contributed by atoms with Crippen LogP contribution in [0.1, 0.15) is 25.7 Å². The summed E-state index contributed by atoms with van der Waals surface area (Å²) in [6.07, 6.45) is -5.93. The van der Waals surface area contributed by atoms with Crippen LogP contribution in [0.2, 0.25) is 5.02 Å². The van der Waals surface area contributed by atoms with Crippen LogP contribution in [0.25, 0.3) is 0 Å². The van der Waals surface area contributed by atoms with Crippen LogP contribution >= 0.6 is 34.2 Å². The predicted octanol–water partition coefficient (Wildman–Crippen LogP) is 5.51. The van der Waals surface area contributed by atoms with Gasteiger partial charge in [0.1, 0.15) is 5.75 Å². The monoisotopic (exact) mass is 806 g/mol. The van der Waals surface area contributed by atoms with Gasteiger partial charge < -0.3 is 37.5 Å². The first-order valence-corrected chi connectivity index (χ1v) is 15.2. The summed E-state index contributed by atoms with van der Waals surface area (Å²) in [5.74, 6) is -6.00. The van der Waals surface area contributed by atoms with Crippen LogP contribution in [0.15, 0.2) is 62.4 Å². The number of rotatable bonds is 3. The number of alkyl halides is 7. The van der Waals surface area contributed by atoms with Gasteiger partial charge in [0, 0.05) is 55.4 Å². The molecule has 0 atom stereocenters. The van der Waals surface area contributed by atoms with E-state index in [-0.39, 0.29) is 81.4 Å². The fourth-order valence-corrected chi connectivity index (χ4v) is 4.60. The minimum atomic E-state index is -4.78. The number of hydrogen-bond donors (Lipinski definition) is 4. The minimum absolute atomic E-state index is 0.0408. The second-order valence-electron chi connectivity index (χ2n) is 10.2. The maximum atomic E-state index is 13.1. The second kappa shape index (κ2) is 15.9. The summed E-state index contributed by atoms with van der Waals surface area (Å²) in [4.78, 5) is 18.8. The molecule has 0 saturated carbocycles. The molecular weight excluding hydrogens is 776 g/mol. The normalized spacial score (nSPS) is 19.2. The Balaban J connectivity index is 0.000000257. The van der Waals surface area contributed by atoms with Crippen molar-refractivity contribution in [2.75, 3.05) is 26.2 Å². The fourth-order valence-electron chi connectivity index (χ4n) is 4.09. The molecule has 8 N–H and O–H groups in total.